The smallest absolute Gasteiger partial charge is 0.251 e. The SMILES string of the molecule is O=C(NCC(c1ccc(Cl)cc1)N1CCOCC1)c1cccc(CN2CCOCC2)c1. The van der Waals surface area contributed by atoms with Crippen molar-refractivity contribution in [3.05, 3.63) is 70.2 Å². The van der Waals surface area contributed by atoms with Crippen LogP contribution in [0.3, 0.4) is 0 Å². The van der Waals surface area contributed by atoms with Gasteiger partial charge < -0.3 is 14.8 Å². The minimum atomic E-state index is -0.0453. The molecule has 0 spiro atoms. The first-order valence-electron chi connectivity index (χ1n) is 10.9. The summed E-state index contributed by atoms with van der Waals surface area (Å²) in [5.74, 6) is -0.0453. The van der Waals surface area contributed by atoms with Crippen LogP contribution in [0.1, 0.15) is 27.5 Å². The van der Waals surface area contributed by atoms with Crippen molar-refractivity contribution in [1.82, 2.24) is 15.1 Å². The van der Waals surface area contributed by atoms with E-state index in [9.17, 15) is 4.79 Å². The third-order valence-electron chi connectivity index (χ3n) is 5.90. The van der Waals surface area contributed by atoms with Gasteiger partial charge in [0, 0.05) is 49.9 Å². The van der Waals surface area contributed by atoms with Gasteiger partial charge in [-0.05, 0) is 35.4 Å². The highest BCUT2D eigenvalue weighted by Crippen LogP contribution is 2.23. The lowest BCUT2D eigenvalue weighted by molar-refractivity contribution is 0.0162. The second-order valence-corrected chi connectivity index (χ2v) is 8.45. The molecule has 6 nitrogen and oxygen atoms in total. The number of amides is 1. The summed E-state index contributed by atoms with van der Waals surface area (Å²) < 4.78 is 10.9. The van der Waals surface area contributed by atoms with Gasteiger partial charge in [-0.3, -0.25) is 14.6 Å². The molecule has 1 atom stereocenters. The summed E-state index contributed by atoms with van der Waals surface area (Å²) in [7, 11) is 0. The minimum absolute atomic E-state index is 0.0453. The molecule has 0 radical (unpaired) electrons. The third kappa shape index (κ3) is 6.28. The van der Waals surface area contributed by atoms with Gasteiger partial charge in [-0.15, -0.1) is 0 Å². The number of ether oxygens (including phenoxy) is 2. The Balaban J connectivity index is 1.41. The first kappa shape index (κ1) is 22.2. The summed E-state index contributed by atoms with van der Waals surface area (Å²) in [5.41, 5.74) is 2.99. The summed E-state index contributed by atoms with van der Waals surface area (Å²) in [6.45, 7) is 7.89. The topological polar surface area (TPSA) is 54.0 Å². The number of nitrogens with zero attached hydrogens (tertiary/aromatic N) is 2. The zero-order valence-corrected chi connectivity index (χ0v) is 18.5. The first-order chi connectivity index (χ1) is 15.2. The molecule has 4 rings (SSSR count). The summed E-state index contributed by atoms with van der Waals surface area (Å²) in [5, 5.41) is 3.87. The fourth-order valence-corrected chi connectivity index (χ4v) is 4.28. The molecule has 2 aliphatic rings. The quantitative estimate of drug-likeness (QED) is 0.713. The normalized spacial score (nSPS) is 19.1. The van der Waals surface area contributed by atoms with Crippen molar-refractivity contribution in [2.45, 2.75) is 12.6 Å². The molecule has 2 aliphatic heterocycles. The van der Waals surface area contributed by atoms with E-state index in [0.29, 0.717) is 30.3 Å². The number of rotatable bonds is 7. The number of carbonyl (C=O) groups is 1. The van der Waals surface area contributed by atoms with E-state index in [-0.39, 0.29) is 11.9 Å². The lowest BCUT2D eigenvalue weighted by Crippen LogP contribution is -2.43. The maximum Gasteiger partial charge on any atom is 0.251 e. The predicted molar refractivity (Wildman–Crippen MR) is 121 cm³/mol. The number of benzene rings is 2. The van der Waals surface area contributed by atoms with Gasteiger partial charge in [-0.2, -0.15) is 0 Å². The van der Waals surface area contributed by atoms with Crippen LogP contribution in [0, 0.1) is 0 Å². The van der Waals surface area contributed by atoms with E-state index < -0.39 is 0 Å². The van der Waals surface area contributed by atoms with Gasteiger partial charge in [0.1, 0.15) is 0 Å². The molecule has 2 aromatic carbocycles. The van der Waals surface area contributed by atoms with Gasteiger partial charge in [0.2, 0.25) is 0 Å². The van der Waals surface area contributed by atoms with Crippen molar-refractivity contribution in [3.63, 3.8) is 0 Å². The molecule has 2 heterocycles. The summed E-state index contributed by atoms with van der Waals surface area (Å²) >= 11 is 6.08. The van der Waals surface area contributed by atoms with Crippen molar-refractivity contribution in [3.8, 4) is 0 Å². The molecule has 1 N–H and O–H groups in total. The van der Waals surface area contributed by atoms with Crippen LogP contribution in [0.4, 0.5) is 0 Å². The van der Waals surface area contributed by atoms with Gasteiger partial charge in [0.25, 0.3) is 5.91 Å². The lowest BCUT2D eigenvalue weighted by atomic mass is 10.0. The van der Waals surface area contributed by atoms with Gasteiger partial charge >= 0.3 is 0 Å². The van der Waals surface area contributed by atoms with E-state index in [4.69, 9.17) is 21.1 Å². The van der Waals surface area contributed by atoms with Gasteiger partial charge in [-0.1, -0.05) is 35.9 Å². The fraction of sp³-hybridized carbons (Fsp3) is 0.458. The number of hydrogen-bond acceptors (Lipinski definition) is 5. The Hall–Kier alpha value is -1.96. The maximum atomic E-state index is 13.0. The molecule has 1 unspecified atom stereocenters. The van der Waals surface area contributed by atoms with Crippen LogP contribution in [0.15, 0.2) is 48.5 Å². The standard InChI is InChI=1S/C24H30ClN3O3/c25-22-6-4-20(5-7-22)23(28-10-14-31-15-11-28)17-26-24(29)21-3-1-2-19(16-21)18-27-8-12-30-13-9-27/h1-7,16,23H,8-15,17-18H2,(H,26,29). The van der Waals surface area contributed by atoms with E-state index in [0.717, 1.165) is 57.1 Å². The van der Waals surface area contributed by atoms with Crippen LogP contribution in [0.2, 0.25) is 5.02 Å². The van der Waals surface area contributed by atoms with E-state index in [1.165, 1.54) is 0 Å². The van der Waals surface area contributed by atoms with Crippen LogP contribution in [0.5, 0.6) is 0 Å². The van der Waals surface area contributed by atoms with Crippen molar-refractivity contribution in [2.24, 2.45) is 0 Å². The molecule has 0 bridgehead atoms. The van der Waals surface area contributed by atoms with Crippen LogP contribution in [0.25, 0.3) is 0 Å². The largest absolute Gasteiger partial charge is 0.379 e. The van der Waals surface area contributed by atoms with Crippen molar-refractivity contribution in [2.75, 3.05) is 59.2 Å². The Kier molecular flexibility index (Phi) is 7.94. The number of halogens is 1. The molecule has 31 heavy (non-hydrogen) atoms. The summed E-state index contributed by atoms with van der Waals surface area (Å²) in [6, 6.07) is 15.9. The maximum absolute atomic E-state index is 13.0. The predicted octanol–water partition coefficient (Wildman–Crippen LogP) is 2.98. The Morgan fingerprint density at radius 2 is 1.65 bits per heavy atom. The molecule has 1 amide bonds. The molecular formula is C24H30ClN3O3. The molecule has 2 saturated heterocycles. The Morgan fingerprint density at radius 3 is 2.35 bits per heavy atom. The van der Waals surface area contributed by atoms with Crippen LogP contribution >= 0.6 is 11.6 Å². The number of hydrogen-bond donors (Lipinski definition) is 1. The van der Waals surface area contributed by atoms with Crippen molar-refractivity contribution in [1.29, 1.82) is 0 Å². The van der Waals surface area contributed by atoms with Crippen LogP contribution < -0.4 is 5.32 Å². The Morgan fingerprint density at radius 1 is 0.968 bits per heavy atom. The zero-order valence-electron chi connectivity index (χ0n) is 17.8. The Bertz CT molecular complexity index is 849. The summed E-state index contributed by atoms with van der Waals surface area (Å²) in [6.07, 6.45) is 0. The molecule has 166 valence electrons. The van der Waals surface area contributed by atoms with Crippen LogP contribution in [-0.2, 0) is 16.0 Å². The van der Waals surface area contributed by atoms with Gasteiger partial charge in [-0.25, -0.2) is 0 Å². The molecule has 0 aliphatic carbocycles. The first-order valence-corrected chi connectivity index (χ1v) is 11.3. The lowest BCUT2D eigenvalue weighted by Gasteiger charge is -2.35. The molecule has 0 saturated carbocycles. The van der Waals surface area contributed by atoms with E-state index in [2.05, 4.69) is 21.2 Å². The van der Waals surface area contributed by atoms with Gasteiger partial charge in [0.15, 0.2) is 0 Å². The highest BCUT2D eigenvalue weighted by molar-refractivity contribution is 6.30. The molecule has 7 heteroatoms. The minimum Gasteiger partial charge on any atom is -0.379 e. The molecule has 2 fully saturated rings. The van der Waals surface area contributed by atoms with E-state index in [1.54, 1.807) is 0 Å². The monoisotopic (exact) mass is 443 g/mol. The highest BCUT2D eigenvalue weighted by atomic mass is 35.5. The van der Waals surface area contributed by atoms with E-state index >= 15 is 0 Å². The van der Waals surface area contributed by atoms with Crippen molar-refractivity contribution >= 4 is 17.5 Å². The number of carbonyl (C=O) groups excluding carboxylic acids is 1. The zero-order chi connectivity index (χ0) is 21.5. The average Bonchev–Trinajstić information content (AvgIpc) is 2.82. The van der Waals surface area contributed by atoms with Crippen LogP contribution in [-0.4, -0.2) is 74.9 Å². The van der Waals surface area contributed by atoms with Gasteiger partial charge in [0.05, 0.1) is 32.5 Å². The second kappa shape index (κ2) is 11.1. The number of nitrogens with one attached hydrogen (secondary N) is 1. The molecule has 2 aromatic rings. The fourth-order valence-electron chi connectivity index (χ4n) is 4.15. The number of morpholine rings is 2. The molecular weight excluding hydrogens is 414 g/mol. The second-order valence-electron chi connectivity index (χ2n) is 8.01. The molecule has 0 aromatic heterocycles. The highest BCUT2D eigenvalue weighted by Gasteiger charge is 2.23. The van der Waals surface area contributed by atoms with E-state index in [1.807, 2.05) is 42.5 Å². The average molecular weight is 444 g/mol. The third-order valence-corrected chi connectivity index (χ3v) is 6.15. The summed E-state index contributed by atoms with van der Waals surface area (Å²) in [4.78, 5) is 17.7. The van der Waals surface area contributed by atoms with Crippen molar-refractivity contribution < 1.29 is 14.3 Å². The Labute approximate surface area is 189 Å².